The Morgan fingerprint density at radius 3 is 2.19 bits per heavy atom. The lowest BCUT2D eigenvalue weighted by atomic mass is 9.81. The summed E-state index contributed by atoms with van der Waals surface area (Å²) in [5.74, 6) is -2.98. The number of likely N-dealkylation sites (tertiary alicyclic amines) is 1. The summed E-state index contributed by atoms with van der Waals surface area (Å²) < 4.78 is 4.87. The molecule has 26 heavy (non-hydrogen) atoms. The summed E-state index contributed by atoms with van der Waals surface area (Å²) in [5, 5.41) is 4.63. The molecule has 2 saturated carbocycles. The fourth-order valence-corrected chi connectivity index (χ4v) is 3.54. The van der Waals surface area contributed by atoms with Gasteiger partial charge < -0.3 is 10.1 Å². The van der Waals surface area contributed by atoms with Gasteiger partial charge in [0.2, 0.25) is 11.8 Å². The molecule has 3 atom stereocenters. The second-order valence-corrected chi connectivity index (χ2v) is 7.12. The Kier molecular flexibility index (Phi) is 5.24. The normalized spacial score (nSPS) is 26.1. The van der Waals surface area contributed by atoms with Crippen LogP contribution >= 0.6 is 0 Å². The Morgan fingerprint density at radius 2 is 1.65 bits per heavy atom. The molecule has 2 aliphatic carbocycles. The third-order valence-corrected chi connectivity index (χ3v) is 5.11. The van der Waals surface area contributed by atoms with Gasteiger partial charge in [0, 0.05) is 6.04 Å². The third kappa shape index (κ3) is 3.86. The number of carbonyl (C=O) groups excluding carboxylic acids is 5. The first-order chi connectivity index (χ1) is 12.4. The second kappa shape index (κ2) is 7.43. The lowest BCUT2D eigenvalue weighted by Gasteiger charge is -2.21. The summed E-state index contributed by atoms with van der Waals surface area (Å²) in [7, 11) is 0. The van der Waals surface area contributed by atoms with E-state index in [-0.39, 0.29) is 29.7 Å². The van der Waals surface area contributed by atoms with Crippen molar-refractivity contribution < 1.29 is 28.7 Å². The molecule has 3 fully saturated rings. The number of hydrogen-bond acceptors (Lipinski definition) is 6. The SMILES string of the molecule is C[C@@H](C(=O)OCC(=O)NC(=O)NC1CC1)N1C(=O)[C@H]2CCCC[C@H]2C1=O. The smallest absolute Gasteiger partial charge is 0.329 e. The molecule has 2 N–H and O–H groups in total. The number of amides is 5. The highest BCUT2D eigenvalue weighted by atomic mass is 16.5. The molecule has 5 amide bonds. The maximum atomic E-state index is 12.5. The molecule has 0 bridgehead atoms. The number of nitrogens with one attached hydrogen (secondary N) is 2. The molecular weight excluding hydrogens is 342 g/mol. The lowest BCUT2D eigenvalue weighted by Crippen LogP contribution is -2.46. The first-order valence-corrected chi connectivity index (χ1v) is 9.02. The van der Waals surface area contributed by atoms with Gasteiger partial charge in [-0.1, -0.05) is 12.8 Å². The second-order valence-electron chi connectivity index (χ2n) is 7.12. The highest BCUT2D eigenvalue weighted by Gasteiger charge is 2.51. The van der Waals surface area contributed by atoms with Gasteiger partial charge in [-0.3, -0.25) is 24.6 Å². The zero-order chi connectivity index (χ0) is 18.8. The molecule has 1 heterocycles. The van der Waals surface area contributed by atoms with Gasteiger partial charge in [0.05, 0.1) is 11.8 Å². The average Bonchev–Trinajstić information content (AvgIpc) is 3.38. The minimum Gasteiger partial charge on any atom is -0.454 e. The minimum atomic E-state index is -1.09. The number of rotatable bonds is 5. The van der Waals surface area contributed by atoms with E-state index in [1.807, 2.05) is 0 Å². The van der Waals surface area contributed by atoms with Crippen molar-refractivity contribution in [1.29, 1.82) is 0 Å². The number of fused-ring (bicyclic) bond motifs is 1. The highest BCUT2D eigenvalue weighted by Crippen LogP contribution is 2.38. The first kappa shape index (κ1) is 18.3. The zero-order valence-electron chi connectivity index (χ0n) is 14.7. The molecule has 3 aliphatic rings. The zero-order valence-corrected chi connectivity index (χ0v) is 14.7. The van der Waals surface area contributed by atoms with Crippen LogP contribution in [-0.4, -0.2) is 53.3 Å². The van der Waals surface area contributed by atoms with Crippen LogP contribution in [-0.2, 0) is 23.9 Å². The Morgan fingerprint density at radius 1 is 1.08 bits per heavy atom. The molecule has 9 heteroatoms. The molecule has 1 aliphatic heterocycles. The number of esters is 1. The van der Waals surface area contributed by atoms with Crippen molar-refractivity contribution >= 4 is 29.7 Å². The number of urea groups is 1. The molecule has 142 valence electrons. The molecule has 0 spiro atoms. The first-order valence-electron chi connectivity index (χ1n) is 9.02. The van der Waals surface area contributed by atoms with Gasteiger partial charge in [0.15, 0.2) is 6.61 Å². The monoisotopic (exact) mass is 365 g/mol. The van der Waals surface area contributed by atoms with Gasteiger partial charge in [-0.05, 0) is 32.6 Å². The molecule has 0 unspecified atom stereocenters. The molecule has 9 nitrogen and oxygen atoms in total. The Bertz CT molecular complexity index is 620. The summed E-state index contributed by atoms with van der Waals surface area (Å²) in [6.07, 6.45) is 4.88. The van der Waals surface area contributed by atoms with Crippen molar-refractivity contribution in [3.63, 3.8) is 0 Å². The van der Waals surface area contributed by atoms with Crippen LogP contribution in [0.4, 0.5) is 4.79 Å². The van der Waals surface area contributed by atoms with E-state index in [4.69, 9.17) is 4.74 Å². The predicted molar refractivity (Wildman–Crippen MR) is 87.4 cm³/mol. The van der Waals surface area contributed by atoms with E-state index in [2.05, 4.69) is 10.6 Å². The summed E-state index contributed by atoms with van der Waals surface area (Å²) in [6, 6.07) is -1.62. The van der Waals surface area contributed by atoms with E-state index in [0.717, 1.165) is 30.6 Å². The summed E-state index contributed by atoms with van der Waals surface area (Å²) in [6.45, 7) is 0.761. The van der Waals surface area contributed by atoms with Crippen LogP contribution in [0.5, 0.6) is 0 Å². The molecule has 1 saturated heterocycles. The standard InChI is InChI=1S/C17H23N3O6/c1-9(20-14(22)11-4-2-3-5-12(11)15(20)23)16(24)26-8-13(21)19-17(25)18-10-6-7-10/h9-12H,2-8H2,1H3,(H2,18,19,21,25)/t9-,11-,12+/m0/s1. The van der Waals surface area contributed by atoms with E-state index in [9.17, 15) is 24.0 Å². The van der Waals surface area contributed by atoms with E-state index in [1.165, 1.54) is 6.92 Å². The van der Waals surface area contributed by atoms with E-state index in [1.54, 1.807) is 0 Å². The Balaban J connectivity index is 1.49. The maximum Gasteiger partial charge on any atom is 0.329 e. The van der Waals surface area contributed by atoms with Crippen molar-refractivity contribution in [1.82, 2.24) is 15.5 Å². The van der Waals surface area contributed by atoms with E-state index in [0.29, 0.717) is 12.8 Å². The maximum absolute atomic E-state index is 12.5. The molecular formula is C17H23N3O6. The summed E-state index contributed by atoms with van der Waals surface area (Å²) >= 11 is 0. The number of nitrogens with zero attached hydrogens (tertiary/aromatic N) is 1. The van der Waals surface area contributed by atoms with Crippen LogP contribution in [0.15, 0.2) is 0 Å². The summed E-state index contributed by atoms with van der Waals surface area (Å²) in [5.41, 5.74) is 0. The van der Waals surface area contributed by atoms with Crippen molar-refractivity contribution in [2.75, 3.05) is 6.61 Å². The van der Waals surface area contributed by atoms with Crippen molar-refractivity contribution in [3.8, 4) is 0 Å². The van der Waals surface area contributed by atoms with Crippen LogP contribution in [0.3, 0.4) is 0 Å². The van der Waals surface area contributed by atoms with Crippen LogP contribution in [0.1, 0.15) is 45.4 Å². The van der Waals surface area contributed by atoms with Crippen LogP contribution in [0, 0.1) is 11.8 Å². The third-order valence-electron chi connectivity index (χ3n) is 5.11. The fourth-order valence-electron chi connectivity index (χ4n) is 3.54. The van der Waals surface area contributed by atoms with Gasteiger partial charge in [0.1, 0.15) is 6.04 Å². The van der Waals surface area contributed by atoms with Gasteiger partial charge >= 0.3 is 12.0 Å². The largest absolute Gasteiger partial charge is 0.454 e. The van der Waals surface area contributed by atoms with Gasteiger partial charge in [-0.25, -0.2) is 9.59 Å². The van der Waals surface area contributed by atoms with Crippen molar-refractivity contribution in [2.24, 2.45) is 11.8 Å². The number of ether oxygens (including phenoxy) is 1. The Labute approximate surface area is 150 Å². The predicted octanol–water partition coefficient (Wildman–Crippen LogP) is 0.0815. The molecule has 0 aromatic heterocycles. The van der Waals surface area contributed by atoms with Gasteiger partial charge in [-0.2, -0.15) is 0 Å². The van der Waals surface area contributed by atoms with Gasteiger partial charge in [-0.15, -0.1) is 0 Å². The molecule has 0 radical (unpaired) electrons. The van der Waals surface area contributed by atoms with Crippen molar-refractivity contribution in [2.45, 2.75) is 57.5 Å². The number of hydrogen-bond donors (Lipinski definition) is 2. The minimum absolute atomic E-state index is 0.0982. The van der Waals surface area contributed by atoms with Gasteiger partial charge in [0.25, 0.3) is 5.91 Å². The topological polar surface area (TPSA) is 122 Å². The number of imide groups is 2. The van der Waals surface area contributed by atoms with Crippen LogP contribution in [0.25, 0.3) is 0 Å². The highest BCUT2D eigenvalue weighted by molar-refractivity contribution is 6.08. The summed E-state index contributed by atoms with van der Waals surface area (Å²) in [4.78, 5) is 61.1. The quantitative estimate of drug-likeness (QED) is 0.526. The number of carbonyl (C=O) groups is 5. The van der Waals surface area contributed by atoms with Crippen LogP contribution in [0.2, 0.25) is 0 Å². The van der Waals surface area contributed by atoms with E-state index >= 15 is 0 Å². The van der Waals surface area contributed by atoms with Crippen molar-refractivity contribution in [3.05, 3.63) is 0 Å². The molecule has 0 aromatic carbocycles. The lowest BCUT2D eigenvalue weighted by molar-refractivity contribution is -0.159. The average molecular weight is 365 g/mol. The van der Waals surface area contributed by atoms with E-state index < -0.39 is 30.6 Å². The molecule has 3 rings (SSSR count). The van der Waals surface area contributed by atoms with Crippen LogP contribution < -0.4 is 10.6 Å². The molecule has 0 aromatic rings. The fraction of sp³-hybridized carbons (Fsp3) is 0.706. The Hall–Kier alpha value is -2.45.